The van der Waals surface area contributed by atoms with E-state index in [0.717, 1.165) is 0 Å². The van der Waals surface area contributed by atoms with Crippen LogP contribution in [0, 0.1) is 0 Å². The minimum Gasteiger partial charge on any atom is -0.770 e. The average molecular weight is 211 g/mol. The van der Waals surface area contributed by atoms with Gasteiger partial charge in [-0.3, -0.25) is 4.21 Å². The number of aliphatic hydroxyl groups is 3. The largest absolute Gasteiger partial charge is 0.770 e. The molecular weight excluding hydrogens is 200 g/mol. The molecule has 6 nitrogen and oxygen atoms in total. The number of ether oxygens (including phenoxy) is 1. The Balaban J connectivity index is 2.76. The molecule has 3 N–H and O–H groups in total. The molecule has 2 unspecified atom stereocenters. The molecule has 13 heavy (non-hydrogen) atoms. The van der Waals surface area contributed by atoms with Crippen LogP contribution in [-0.4, -0.2) is 53.9 Å². The molecule has 78 valence electrons. The summed E-state index contributed by atoms with van der Waals surface area (Å²) in [5.41, 5.74) is -1.48. The molecule has 0 bridgehead atoms. The van der Waals surface area contributed by atoms with Crippen LogP contribution in [0.5, 0.6) is 0 Å². The van der Waals surface area contributed by atoms with Gasteiger partial charge in [-0.1, -0.05) is 0 Å². The molecule has 0 aromatic heterocycles. The monoisotopic (exact) mass is 211 g/mol. The van der Waals surface area contributed by atoms with Gasteiger partial charge in [-0.2, -0.15) is 0 Å². The van der Waals surface area contributed by atoms with Gasteiger partial charge in [0.05, 0.1) is 6.10 Å². The summed E-state index contributed by atoms with van der Waals surface area (Å²) in [6.07, 6.45) is -5.19. The van der Waals surface area contributed by atoms with Gasteiger partial charge in [-0.15, -0.1) is 0 Å². The zero-order chi connectivity index (χ0) is 10.2. The van der Waals surface area contributed by atoms with Crippen LogP contribution in [0.1, 0.15) is 6.92 Å². The summed E-state index contributed by atoms with van der Waals surface area (Å²) in [7, 11) is 0. The second-order valence-corrected chi connectivity index (χ2v) is 3.93. The Bertz CT molecular complexity index is 209. The quantitative estimate of drug-likeness (QED) is 0.420. The van der Waals surface area contributed by atoms with E-state index >= 15 is 0 Å². The highest BCUT2D eigenvalue weighted by molar-refractivity contribution is 7.79. The van der Waals surface area contributed by atoms with Gasteiger partial charge in [-0.25, -0.2) is 0 Å². The van der Waals surface area contributed by atoms with E-state index in [1.165, 1.54) is 6.92 Å². The predicted octanol–water partition coefficient (Wildman–Crippen LogP) is -2.31. The van der Waals surface area contributed by atoms with Crippen molar-refractivity contribution in [1.29, 1.82) is 0 Å². The number of hydrogen-bond donors (Lipinski definition) is 3. The summed E-state index contributed by atoms with van der Waals surface area (Å²) in [5.74, 6) is 0. The molecule has 0 radical (unpaired) electrons. The molecule has 1 aliphatic rings. The van der Waals surface area contributed by atoms with Crippen molar-refractivity contribution in [3.63, 3.8) is 0 Å². The first-order valence-corrected chi connectivity index (χ1v) is 4.86. The molecule has 0 aromatic carbocycles. The number of hydrogen-bond acceptors (Lipinski definition) is 6. The zero-order valence-corrected chi connectivity index (χ0v) is 7.68. The predicted molar refractivity (Wildman–Crippen MR) is 41.3 cm³/mol. The van der Waals surface area contributed by atoms with Gasteiger partial charge in [0.2, 0.25) is 0 Å². The Morgan fingerprint density at radius 1 is 1.23 bits per heavy atom. The lowest BCUT2D eigenvalue weighted by atomic mass is 10.0. The number of rotatable bonds is 1. The molecule has 1 saturated heterocycles. The fourth-order valence-electron chi connectivity index (χ4n) is 1.17. The van der Waals surface area contributed by atoms with Crippen molar-refractivity contribution < 1.29 is 28.8 Å². The summed E-state index contributed by atoms with van der Waals surface area (Å²) >= 11 is -2.63. The normalized spacial score (nSPS) is 48.8. The Hall–Kier alpha value is -0.0500. The standard InChI is InChI=1S/C6H12O6S/c1-2-3(7)4(8)5(9)6(12-2)13(10)11/h2-9H,1H3,(H,10,11)/p-1/t2-,3+,4+,5-,6?/m0/s1. The third-order valence-corrected chi connectivity index (χ3v) is 2.77. The highest BCUT2D eigenvalue weighted by Gasteiger charge is 2.42. The second-order valence-electron chi connectivity index (χ2n) is 2.94. The minimum atomic E-state index is -2.63. The van der Waals surface area contributed by atoms with Crippen molar-refractivity contribution in [3.05, 3.63) is 0 Å². The van der Waals surface area contributed by atoms with E-state index in [4.69, 9.17) is 9.84 Å². The van der Waals surface area contributed by atoms with Crippen LogP contribution in [-0.2, 0) is 15.8 Å². The molecule has 1 heterocycles. The first kappa shape index (κ1) is 11.0. The van der Waals surface area contributed by atoms with Crippen molar-refractivity contribution >= 4 is 11.1 Å². The maximum atomic E-state index is 10.5. The average Bonchev–Trinajstić information content (AvgIpc) is 2.07. The third-order valence-electron chi connectivity index (χ3n) is 2.00. The number of aliphatic hydroxyl groups excluding tert-OH is 3. The smallest absolute Gasteiger partial charge is 0.148 e. The van der Waals surface area contributed by atoms with Crippen LogP contribution in [0.25, 0.3) is 0 Å². The van der Waals surface area contributed by atoms with Gasteiger partial charge in [-0.05, 0) is 18.0 Å². The van der Waals surface area contributed by atoms with Crippen molar-refractivity contribution in [2.45, 2.75) is 36.8 Å². The Kier molecular flexibility index (Phi) is 3.38. The van der Waals surface area contributed by atoms with Gasteiger partial charge >= 0.3 is 0 Å². The maximum absolute atomic E-state index is 10.5. The lowest BCUT2D eigenvalue weighted by Gasteiger charge is -2.39. The molecule has 1 rings (SSSR count). The van der Waals surface area contributed by atoms with Gasteiger partial charge in [0.25, 0.3) is 0 Å². The van der Waals surface area contributed by atoms with Gasteiger partial charge < -0.3 is 24.6 Å². The van der Waals surface area contributed by atoms with Crippen LogP contribution in [0.2, 0.25) is 0 Å². The van der Waals surface area contributed by atoms with E-state index in [9.17, 15) is 19.0 Å². The summed E-state index contributed by atoms with van der Waals surface area (Å²) < 4.78 is 25.7. The van der Waals surface area contributed by atoms with E-state index in [1.807, 2.05) is 0 Å². The molecule has 1 aliphatic heterocycles. The van der Waals surface area contributed by atoms with E-state index in [0.29, 0.717) is 0 Å². The van der Waals surface area contributed by atoms with Gasteiger partial charge in [0.1, 0.15) is 23.7 Å². The Labute approximate surface area is 77.4 Å². The van der Waals surface area contributed by atoms with E-state index < -0.39 is 40.9 Å². The van der Waals surface area contributed by atoms with Crippen molar-refractivity contribution in [2.24, 2.45) is 0 Å². The fourth-order valence-corrected chi connectivity index (χ4v) is 1.83. The fraction of sp³-hybridized carbons (Fsp3) is 1.00. The van der Waals surface area contributed by atoms with E-state index in [2.05, 4.69) is 0 Å². The van der Waals surface area contributed by atoms with Crippen LogP contribution in [0.15, 0.2) is 0 Å². The SMILES string of the molecule is C[C@@H]1OC(S(=O)[O-])[C@@H](O)[C@H](O)[C@@H]1O. The molecule has 0 spiro atoms. The first-order valence-electron chi connectivity index (χ1n) is 3.73. The van der Waals surface area contributed by atoms with E-state index in [1.54, 1.807) is 0 Å². The van der Waals surface area contributed by atoms with Gasteiger partial charge in [0, 0.05) is 0 Å². The molecule has 0 saturated carbocycles. The van der Waals surface area contributed by atoms with Crippen LogP contribution in [0.4, 0.5) is 0 Å². The lowest BCUT2D eigenvalue weighted by Crippen LogP contribution is -2.57. The first-order chi connectivity index (χ1) is 5.95. The summed E-state index contributed by atoms with van der Waals surface area (Å²) in [5, 5.41) is 27.5. The topological polar surface area (TPSA) is 110 Å². The summed E-state index contributed by atoms with van der Waals surface area (Å²) in [6.45, 7) is 1.42. The van der Waals surface area contributed by atoms with E-state index in [-0.39, 0.29) is 0 Å². The summed E-state index contributed by atoms with van der Waals surface area (Å²) in [6, 6.07) is 0. The summed E-state index contributed by atoms with van der Waals surface area (Å²) in [4.78, 5) is 0. The molecule has 0 amide bonds. The third kappa shape index (κ3) is 2.06. The molecule has 1 fully saturated rings. The lowest BCUT2D eigenvalue weighted by molar-refractivity contribution is -0.194. The minimum absolute atomic E-state index is 0.818. The van der Waals surface area contributed by atoms with Gasteiger partial charge in [0.15, 0.2) is 0 Å². The molecule has 0 aliphatic carbocycles. The second kappa shape index (κ2) is 3.99. The van der Waals surface area contributed by atoms with Crippen LogP contribution < -0.4 is 0 Å². The molecule has 7 heteroatoms. The maximum Gasteiger partial charge on any atom is 0.148 e. The Morgan fingerprint density at radius 3 is 2.23 bits per heavy atom. The highest BCUT2D eigenvalue weighted by Crippen LogP contribution is 2.22. The highest BCUT2D eigenvalue weighted by atomic mass is 32.2. The zero-order valence-electron chi connectivity index (χ0n) is 6.86. The molecular formula is C6H11O6S-. The van der Waals surface area contributed by atoms with Crippen molar-refractivity contribution in [2.75, 3.05) is 0 Å². The molecule has 0 aromatic rings. The van der Waals surface area contributed by atoms with Crippen LogP contribution >= 0.6 is 0 Å². The molecule has 6 atom stereocenters. The van der Waals surface area contributed by atoms with Crippen molar-refractivity contribution in [3.8, 4) is 0 Å². The van der Waals surface area contributed by atoms with Crippen LogP contribution in [0.3, 0.4) is 0 Å². The Morgan fingerprint density at radius 2 is 1.77 bits per heavy atom. The van der Waals surface area contributed by atoms with Crippen molar-refractivity contribution in [1.82, 2.24) is 0 Å².